The second-order valence-electron chi connectivity index (χ2n) is 4.26. The maximum absolute atomic E-state index is 11.8. The van der Waals surface area contributed by atoms with E-state index in [1.165, 1.54) is 6.07 Å². The Morgan fingerprint density at radius 2 is 1.57 bits per heavy atom. The Balaban J connectivity index is 1.91. The van der Waals surface area contributed by atoms with Crippen LogP contribution in [0.15, 0.2) is 48.5 Å². The highest BCUT2D eigenvalue weighted by Crippen LogP contribution is 2.25. The lowest BCUT2D eigenvalue weighted by atomic mass is 10.3. The van der Waals surface area contributed by atoms with Crippen LogP contribution in [0.2, 0.25) is 10.0 Å². The molecule has 0 unspecified atom stereocenters. The van der Waals surface area contributed by atoms with Crippen LogP contribution in [0.3, 0.4) is 0 Å². The quantitative estimate of drug-likeness (QED) is 0.837. The first-order valence-electron chi connectivity index (χ1n) is 6.14. The smallest absolute Gasteiger partial charge is 0.233 e. The number of para-hydroxylation sites is 1. The fourth-order valence-electron chi connectivity index (χ4n) is 1.66. The van der Waals surface area contributed by atoms with Gasteiger partial charge in [0, 0.05) is 10.7 Å². The standard InChI is InChI=1S/C15H12Cl2N2O2/c16-10-6-7-13(12(17)8-10)19-15(21)9-14(20)18-11-4-2-1-3-5-11/h1-8H,9H2,(H,18,20)(H,19,21). The number of hydrogen-bond acceptors (Lipinski definition) is 2. The average molecular weight is 323 g/mol. The fraction of sp³-hybridized carbons (Fsp3) is 0.0667. The summed E-state index contributed by atoms with van der Waals surface area (Å²) < 4.78 is 0. The van der Waals surface area contributed by atoms with Crippen LogP contribution >= 0.6 is 23.2 Å². The third-order valence-electron chi connectivity index (χ3n) is 2.58. The van der Waals surface area contributed by atoms with Gasteiger partial charge in [0.05, 0.1) is 10.7 Å². The number of nitrogens with one attached hydrogen (secondary N) is 2. The molecule has 4 nitrogen and oxygen atoms in total. The summed E-state index contributed by atoms with van der Waals surface area (Å²) in [5.41, 5.74) is 1.05. The Hall–Kier alpha value is -2.04. The zero-order valence-corrected chi connectivity index (χ0v) is 12.4. The van der Waals surface area contributed by atoms with Crippen molar-refractivity contribution >= 4 is 46.4 Å². The lowest BCUT2D eigenvalue weighted by Gasteiger charge is -2.08. The van der Waals surface area contributed by atoms with Crippen molar-refractivity contribution in [3.05, 3.63) is 58.6 Å². The second-order valence-corrected chi connectivity index (χ2v) is 5.11. The van der Waals surface area contributed by atoms with Crippen LogP contribution in [0, 0.1) is 0 Å². The van der Waals surface area contributed by atoms with Crippen LogP contribution in [-0.2, 0) is 9.59 Å². The molecule has 0 bridgehead atoms. The summed E-state index contributed by atoms with van der Waals surface area (Å²) in [5.74, 6) is -0.851. The van der Waals surface area contributed by atoms with Crippen molar-refractivity contribution in [1.29, 1.82) is 0 Å². The summed E-state index contributed by atoms with van der Waals surface area (Å²) in [6.45, 7) is 0. The third-order valence-corrected chi connectivity index (χ3v) is 3.13. The van der Waals surface area contributed by atoms with Crippen LogP contribution < -0.4 is 10.6 Å². The Morgan fingerprint density at radius 1 is 0.905 bits per heavy atom. The van der Waals surface area contributed by atoms with Gasteiger partial charge in [-0.3, -0.25) is 9.59 Å². The lowest BCUT2D eigenvalue weighted by Crippen LogP contribution is -2.21. The molecule has 0 saturated heterocycles. The number of anilines is 2. The molecule has 0 spiro atoms. The number of amides is 2. The van der Waals surface area contributed by atoms with E-state index in [9.17, 15) is 9.59 Å². The first-order chi connectivity index (χ1) is 10.0. The summed E-state index contributed by atoms with van der Waals surface area (Å²) in [5, 5.41) is 5.98. The van der Waals surface area contributed by atoms with E-state index < -0.39 is 11.8 Å². The van der Waals surface area contributed by atoms with Gasteiger partial charge >= 0.3 is 0 Å². The van der Waals surface area contributed by atoms with Gasteiger partial charge in [0.25, 0.3) is 0 Å². The SMILES string of the molecule is O=C(CC(=O)Nc1ccc(Cl)cc1Cl)Nc1ccccc1. The normalized spacial score (nSPS) is 10.0. The molecule has 0 atom stereocenters. The monoisotopic (exact) mass is 322 g/mol. The molecule has 0 radical (unpaired) electrons. The number of halogens is 2. The largest absolute Gasteiger partial charge is 0.326 e. The summed E-state index contributed by atoms with van der Waals surface area (Å²) in [6, 6.07) is 13.6. The molecule has 0 heterocycles. The third kappa shape index (κ3) is 4.77. The van der Waals surface area contributed by atoms with Gasteiger partial charge in [0.2, 0.25) is 11.8 Å². The second kappa shape index (κ2) is 7.11. The molecule has 0 fully saturated rings. The van der Waals surface area contributed by atoms with Gasteiger partial charge in [-0.25, -0.2) is 0 Å². The number of hydrogen-bond donors (Lipinski definition) is 2. The molecule has 2 aromatic carbocycles. The molecular weight excluding hydrogens is 311 g/mol. The highest BCUT2D eigenvalue weighted by atomic mass is 35.5. The molecule has 2 rings (SSSR count). The molecule has 0 aliphatic heterocycles. The van der Waals surface area contributed by atoms with Crippen molar-refractivity contribution in [2.45, 2.75) is 6.42 Å². The molecule has 2 aromatic rings. The maximum Gasteiger partial charge on any atom is 0.233 e. The van der Waals surface area contributed by atoms with Crippen LogP contribution in [-0.4, -0.2) is 11.8 Å². The fourth-order valence-corrected chi connectivity index (χ4v) is 2.11. The van der Waals surface area contributed by atoms with E-state index in [0.717, 1.165) is 0 Å². The molecule has 6 heteroatoms. The summed E-state index contributed by atoms with van der Waals surface area (Å²) >= 11 is 11.7. The summed E-state index contributed by atoms with van der Waals surface area (Å²) in [6.07, 6.45) is -0.298. The van der Waals surface area contributed by atoms with Crippen LogP contribution in [0.25, 0.3) is 0 Å². The van der Waals surface area contributed by atoms with Crippen LogP contribution in [0.1, 0.15) is 6.42 Å². The zero-order valence-electron chi connectivity index (χ0n) is 10.9. The van der Waals surface area contributed by atoms with Crippen molar-refractivity contribution < 1.29 is 9.59 Å². The number of rotatable bonds is 4. The predicted molar refractivity (Wildman–Crippen MR) is 84.8 cm³/mol. The van der Waals surface area contributed by atoms with Crippen molar-refractivity contribution in [2.75, 3.05) is 10.6 Å². The topological polar surface area (TPSA) is 58.2 Å². The van der Waals surface area contributed by atoms with E-state index >= 15 is 0 Å². The lowest BCUT2D eigenvalue weighted by molar-refractivity contribution is -0.123. The van der Waals surface area contributed by atoms with Crippen molar-refractivity contribution in [3.63, 3.8) is 0 Å². The highest BCUT2D eigenvalue weighted by Gasteiger charge is 2.11. The minimum Gasteiger partial charge on any atom is -0.326 e. The van der Waals surface area contributed by atoms with E-state index in [0.29, 0.717) is 21.4 Å². The van der Waals surface area contributed by atoms with E-state index in [2.05, 4.69) is 10.6 Å². The molecule has 0 saturated carbocycles. The van der Waals surface area contributed by atoms with Crippen molar-refractivity contribution in [1.82, 2.24) is 0 Å². The maximum atomic E-state index is 11.8. The molecule has 0 aromatic heterocycles. The Labute approximate surface area is 132 Å². The van der Waals surface area contributed by atoms with E-state index in [1.54, 1.807) is 36.4 Å². The van der Waals surface area contributed by atoms with Gasteiger partial charge in [0.1, 0.15) is 6.42 Å². The van der Waals surface area contributed by atoms with Crippen LogP contribution in [0.4, 0.5) is 11.4 Å². The van der Waals surface area contributed by atoms with Gasteiger partial charge in [-0.05, 0) is 30.3 Å². The molecule has 21 heavy (non-hydrogen) atoms. The minimum absolute atomic E-state index is 0.298. The highest BCUT2D eigenvalue weighted by molar-refractivity contribution is 6.36. The Kier molecular flexibility index (Phi) is 5.20. The minimum atomic E-state index is -0.451. The summed E-state index contributed by atoms with van der Waals surface area (Å²) in [7, 11) is 0. The molecule has 2 amide bonds. The average Bonchev–Trinajstić information content (AvgIpc) is 2.43. The molecule has 0 aliphatic carbocycles. The Morgan fingerprint density at radius 3 is 2.24 bits per heavy atom. The van der Waals surface area contributed by atoms with E-state index in [1.807, 2.05) is 6.07 Å². The van der Waals surface area contributed by atoms with Gasteiger partial charge in [-0.15, -0.1) is 0 Å². The molecular formula is C15H12Cl2N2O2. The summed E-state index contributed by atoms with van der Waals surface area (Å²) in [4.78, 5) is 23.5. The van der Waals surface area contributed by atoms with E-state index in [4.69, 9.17) is 23.2 Å². The van der Waals surface area contributed by atoms with Gasteiger partial charge < -0.3 is 10.6 Å². The zero-order chi connectivity index (χ0) is 15.2. The van der Waals surface area contributed by atoms with Gasteiger partial charge in [-0.1, -0.05) is 41.4 Å². The molecule has 0 aliphatic rings. The first kappa shape index (κ1) is 15.4. The first-order valence-corrected chi connectivity index (χ1v) is 6.90. The van der Waals surface area contributed by atoms with Crippen LogP contribution in [0.5, 0.6) is 0 Å². The van der Waals surface area contributed by atoms with Gasteiger partial charge in [-0.2, -0.15) is 0 Å². The number of carbonyl (C=O) groups is 2. The van der Waals surface area contributed by atoms with Gasteiger partial charge in [0.15, 0.2) is 0 Å². The molecule has 108 valence electrons. The predicted octanol–water partition coefficient (Wildman–Crippen LogP) is 3.96. The van der Waals surface area contributed by atoms with E-state index in [-0.39, 0.29) is 6.42 Å². The van der Waals surface area contributed by atoms with Crippen molar-refractivity contribution in [3.8, 4) is 0 Å². The number of carbonyl (C=O) groups excluding carboxylic acids is 2. The van der Waals surface area contributed by atoms with Crippen molar-refractivity contribution in [2.24, 2.45) is 0 Å². The Bertz CT molecular complexity index is 660. The number of benzene rings is 2. The molecule has 2 N–H and O–H groups in total.